The van der Waals surface area contributed by atoms with Gasteiger partial charge in [-0.15, -0.1) is 0 Å². The smallest absolute Gasteiger partial charge is 0.243 e. The number of aryl methyl sites for hydroxylation is 1. The zero-order chi connectivity index (χ0) is 17.2. The summed E-state index contributed by atoms with van der Waals surface area (Å²) in [6.07, 6.45) is 4.96. The Morgan fingerprint density at radius 1 is 1.32 bits per heavy atom. The number of hydrogen-bond acceptors (Lipinski definition) is 6. The fraction of sp³-hybridized carbons (Fsp3) is 0.333. The van der Waals surface area contributed by atoms with Crippen LogP contribution >= 0.6 is 0 Å². The Hall–Kier alpha value is -2.96. The number of rotatable bonds is 4. The standard InChI is InChI=1S/C18H19N5O2/c1-12-9-19-16(25-12)10-20-18(24)15-7-4-8-23(15)17-13-5-2-3-6-14(13)21-11-22-17/h2-3,5-6,9,11,15H,4,7-8,10H2,1H3,(H,20,24). The number of carbonyl (C=O) groups excluding carboxylic acids is 1. The van der Waals surface area contributed by atoms with Crippen LogP contribution in [0.15, 0.2) is 41.2 Å². The van der Waals surface area contributed by atoms with E-state index in [1.54, 1.807) is 12.5 Å². The van der Waals surface area contributed by atoms with Crippen LogP contribution in [-0.4, -0.2) is 33.4 Å². The van der Waals surface area contributed by atoms with Gasteiger partial charge in [0, 0.05) is 11.9 Å². The molecule has 1 aromatic carbocycles. The number of carbonyl (C=O) groups is 1. The SMILES string of the molecule is Cc1cnc(CNC(=O)C2CCCN2c2ncnc3ccccc23)o1. The molecule has 1 amide bonds. The van der Waals surface area contributed by atoms with Crippen molar-refractivity contribution in [1.82, 2.24) is 20.3 Å². The molecule has 3 heterocycles. The highest BCUT2D eigenvalue weighted by molar-refractivity contribution is 5.93. The highest BCUT2D eigenvalue weighted by Gasteiger charge is 2.32. The molecular formula is C18H19N5O2. The van der Waals surface area contributed by atoms with E-state index in [2.05, 4.69) is 25.2 Å². The van der Waals surface area contributed by atoms with Crippen molar-refractivity contribution in [2.45, 2.75) is 32.4 Å². The Bertz CT molecular complexity index is 902. The number of nitrogens with zero attached hydrogens (tertiary/aromatic N) is 4. The number of benzene rings is 1. The van der Waals surface area contributed by atoms with Crippen LogP contribution in [0.1, 0.15) is 24.5 Å². The summed E-state index contributed by atoms with van der Waals surface area (Å²) in [6.45, 7) is 2.93. The van der Waals surface area contributed by atoms with E-state index in [1.807, 2.05) is 31.2 Å². The number of hydrogen-bond donors (Lipinski definition) is 1. The van der Waals surface area contributed by atoms with Gasteiger partial charge < -0.3 is 14.6 Å². The number of amides is 1. The van der Waals surface area contributed by atoms with Gasteiger partial charge in [-0.25, -0.2) is 15.0 Å². The number of oxazole rings is 1. The lowest BCUT2D eigenvalue weighted by Crippen LogP contribution is -2.43. The van der Waals surface area contributed by atoms with Crippen molar-refractivity contribution in [1.29, 1.82) is 0 Å². The predicted molar refractivity (Wildman–Crippen MR) is 93.0 cm³/mol. The third-order valence-corrected chi connectivity index (χ3v) is 4.43. The minimum atomic E-state index is -0.241. The van der Waals surface area contributed by atoms with Gasteiger partial charge in [-0.1, -0.05) is 12.1 Å². The molecule has 7 heteroatoms. The maximum Gasteiger partial charge on any atom is 0.243 e. The van der Waals surface area contributed by atoms with E-state index in [4.69, 9.17) is 4.42 Å². The van der Waals surface area contributed by atoms with Gasteiger partial charge in [-0.2, -0.15) is 0 Å². The number of para-hydroxylation sites is 1. The molecule has 0 spiro atoms. The van der Waals surface area contributed by atoms with Gasteiger partial charge in [0.25, 0.3) is 0 Å². The van der Waals surface area contributed by atoms with Crippen LogP contribution in [0.25, 0.3) is 10.9 Å². The molecule has 0 aliphatic carbocycles. The summed E-state index contributed by atoms with van der Waals surface area (Å²) in [4.78, 5) is 27.6. The first kappa shape index (κ1) is 15.6. The van der Waals surface area contributed by atoms with Crippen LogP contribution < -0.4 is 10.2 Å². The molecule has 0 bridgehead atoms. The molecule has 0 radical (unpaired) electrons. The van der Waals surface area contributed by atoms with Crippen LogP contribution in [-0.2, 0) is 11.3 Å². The Kier molecular flexibility index (Phi) is 4.05. The second-order valence-electron chi connectivity index (χ2n) is 6.15. The highest BCUT2D eigenvalue weighted by atomic mass is 16.4. The van der Waals surface area contributed by atoms with Crippen molar-refractivity contribution >= 4 is 22.6 Å². The number of anilines is 1. The van der Waals surface area contributed by atoms with Gasteiger partial charge >= 0.3 is 0 Å². The lowest BCUT2D eigenvalue weighted by Gasteiger charge is -2.25. The average molecular weight is 337 g/mol. The molecule has 7 nitrogen and oxygen atoms in total. The van der Waals surface area contributed by atoms with Crippen LogP contribution in [0, 0.1) is 6.92 Å². The minimum Gasteiger partial charge on any atom is -0.444 e. The fourth-order valence-electron chi connectivity index (χ4n) is 3.28. The van der Waals surface area contributed by atoms with E-state index in [-0.39, 0.29) is 11.9 Å². The fourth-order valence-corrected chi connectivity index (χ4v) is 3.28. The normalized spacial score (nSPS) is 17.2. The van der Waals surface area contributed by atoms with E-state index in [0.29, 0.717) is 12.4 Å². The first-order valence-corrected chi connectivity index (χ1v) is 8.38. The number of fused-ring (bicyclic) bond motifs is 1. The van der Waals surface area contributed by atoms with Gasteiger partial charge in [-0.05, 0) is 31.9 Å². The first-order valence-electron chi connectivity index (χ1n) is 8.38. The zero-order valence-electron chi connectivity index (χ0n) is 14.0. The third-order valence-electron chi connectivity index (χ3n) is 4.43. The molecule has 1 atom stereocenters. The van der Waals surface area contributed by atoms with Crippen LogP contribution in [0.4, 0.5) is 5.82 Å². The van der Waals surface area contributed by atoms with Crippen LogP contribution in [0.5, 0.6) is 0 Å². The molecule has 1 fully saturated rings. The first-order chi connectivity index (χ1) is 12.2. The molecule has 0 saturated carbocycles. The van der Waals surface area contributed by atoms with Crippen molar-refractivity contribution in [2.75, 3.05) is 11.4 Å². The third kappa shape index (κ3) is 3.05. The topological polar surface area (TPSA) is 84.2 Å². The molecular weight excluding hydrogens is 318 g/mol. The van der Waals surface area contributed by atoms with Crippen molar-refractivity contribution in [3.63, 3.8) is 0 Å². The summed E-state index contributed by atoms with van der Waals surface area (Å²) in [6, 6.07) is 7.62. The minimum absolute atomic E-state index is 0.0314. The van der Waals surface area contributed by atoms with Crippen molar-refractivity contribution in [3.8, 4) is 0 Å². The molecule has 4 rings (SSSR count). The molecule has 1 N–H and O–H groups in total. The van der Waals surface area contributed by atoms with E-state index in [9.17, 15) is 4.79 Å². The van der Waals surface area contributed by atoms with Crippen molar-refractivity contribution < 1.29 is 9.21 Å². The summed E-state index contributed by atoms with van der Waals surface area (Å²) in [5.74, 6) is 2.04. The van der Waals surface area contributed by atoms with Gasteiger partial charge in [-0.3, -0.25) is 4.79 Å². The van der Waals surface area contributed by atoms with E-state index in [0.717, 1.165) is 41.9 Å². The maximum absolute atomic E-state index is 12.7. The van der Waals surface area contributed by atoms with E-state index >= 15 is 0 Å². The molecule has 1 aliphatic heterocycles. The van der Waals surface area contributed by atoms with Crippen LogP contribution in [0.3, 0.4) is 0 Å². The van der Waals surface area contributed by atoms with Crippen molar-refractivity contribution in [2.24, 2.45) is 0 Å². The van der Waals surface area contributed by atoms with Gasteiger partial charge in [0.15, 0.2) is 0 Å². The second kappa shape index (κ2) is 6.51. The predicted octanol–water partition coefficient (Wildman–Crippen LogP) is 2.21. The molecule has 3 aromatic rings. The zero-order valence-corrected chi connectivity index (χ0v) is 14.0. The van der Waals surface area contributed by atoms with Gasteiger partial charge in [0.2, 0.25) is 11.8 Å². The lowest BCUT2D eigenvalue weighted by atomic mass is 10.2. The van der Waals surface area contributed by atoms with Gasteiger partial charge in [0.1, 0.15) is 23.9 Å². The summed E-state index contributed by atoms with van der Waals surface area (Å²) < 4.78 is 5.41. The molecule has 1 aliphatic rings. The molecule has 2 aromatic heterocycles. The Balaban J connectivity index is 1.54. The lowest BCUT2D eigenvalue weighted by molar-refractivity contribution is -0.122. The van der Waals surface area contributed by atoms with Crippen molar-refractivity contribution in [3.05, 3.63) is 48.4 Å². The van der Waals surface area contributed by atoms with E-state index in [1.165, 1.54) is 0 Å². The summed E-state index contributed by atoms with van der Waals surface area (Å²) >= 11 is 0. The summed E-state index contributed by atoms with van der Waals surface area (Å²) in [5.41, 5.74) is 0.883. The molecule has 128 valence electrons. The van der Waals surface area contributed by atoms with Crippen LogP contribution in [0.2, 0.25) is 0 Å². The quantitative estimate of drug-likeness (QED) is 0.786. The summed E-state index contributed by atoms with van der Waals surface area (Å²) in [7, 11) is 0. The highest BCUT2D eigenvalue weighted by Crippen LogP contribution is 2.29. The molecule has 25 heavy (non-hydrogen) atoms. The second-order valence-corrected chi connectivity index (χ2v) is 6.15. The molecule has 1 unspecified atom stereocenters. The Morgan fingerprint density at radius 3 is 3.04 bits per heavy atom. The monoisotopic (exact) mass is 337 g/mol. The largest absolute Gasteiger partial charge is 0.444 e. The molecule has 1 saturated heterocycles. The van der Waals surface area contributed by atoms with Gasteiger partial charge in [0.05, 0.1) is 18.3 Å². The average Bonchev–Trinajstić information content (AvgIpc) is 3.28. The Morgan fingerprint density at radius 2 is 2.20 bits per heavy atom. The number of nitrogens with one attached hydrogen (secondary N) is 1. The Labute approximate surface area is 145 Å². The summed E-state index contributed by atoms with van der Waals surface area (Å²) in [5, 5.41) is 3.89. The maximum atomic E-state index is 12.7. The number of aromatic nitrogens is 3. The van der Waals surface area contributed by atoms with E-state index < -0.39 is 0 Å².